The standard InChI is InChI=1S/C8H15N3O4S2/c1-7-8(6-9-11-7)17(14,15)10-4-3-5-16(2,12)13/h6,10H,3-5H2,1-2H3,(H,9,11). The van der Waals surface area contributed by atoms with Crippen LogP contribution in [0.4, 0.5) is 0 Å². The van der Waals surface area contributed by atoms with Crippen molar-refractivity contribution in [3.8, 4) is 0 Å². The van der Waals surface area contributed by atoms with E-state index in [1.807, 2.05) is 0 Å². The van der Waals surface area contributed by atoms with Gasteiger partial charge in [-0.05, 0) is 13.3 Å². The minimum atomic E-state index is -3.60. The lowest BCUT2D eigenvalue weighted by Crippen LogP contribution is -2.26. The SMILES string of the molecule is Cc1[nH]ncc1S(=O)(=O)NCCCS(C)(=O)=O. The smallest absolute Gasteiger partial charge is 0.243 e. The average Bonchev–Trinajstić information content (AvgIpc) is 2.58. The second-order valence-corrected chi connectivity index (χ2v) is 7.74. The van der Waals surface area contributed by atoms with Gasteiger partial charge in [-0.2, -0.15) is 5.10 Å². The van der Waals surface area contributed by atoms with Crippen LogP contribution in [0.5, 0.6) is 0 Å². The normalized spacial score (nSPS) is 12.8. The van der Waals surface area contributed by atoms with E-state index >= 15 is 0 Å². The van der Waals surface area contributed by atoms with E-state index in [9.17, 15) is 16.8 Å². The first kappa shape index (κ1) is 14.1. The fourth-order valence-corrected chi connectivity index (χ4v) is 3.11. The topological polar surface area (TPSA) is 109 Å². The van der Waals surface area contributed by atoms with Crippen LogP contribution in [0.15, 0.2) is 11.1 Å². The van der Waals surface area contributed by atoms with Gasteiger partial charge in [0, 0.05) is 12.8 Å². The van der Waals surface area contributed by atoms with E-state index < -0.39 is 19.9 Å². The molecule has 1 aromatic rings. The van der Waals surface area contributed by atoms with Crippen LogP contribution < -0.4 is 4.72 Å². The third-order valence-corrected chi connectivity index (χ3v) is 4.66. The van der Waals surface area contributed by atoms with Gasteiger partial charge in [0.1, 0.15) is 14.7 Å². The molecule has 0 saturated heterocycles. The highest BCUT2D eigenvalue weighted by atomic mass is 32.2. The fourth-order valence-electron chi connectivity index (χ4n) is 1.23. The van der Waals surface area contributed by atoms with E-state index in [1.54, 1.807) is 6.92 Å². The molecule has 0 amide bonds. The van der Waals surface area contributed by atoms with Crippen LogP contribution in [0.25, 0.3) is 0 Å². The van der Waals surface area contributed by atoms with Crippen molar-refractivity contribution in [2.45, 2.75) is 18.2 Å². The monoisotopic (exact) mass is 281 g/mol. The maximum Gasteiger partial charge on any atom is 0.243 e. The quantitative estimate of drug-likeness (QED) is 0.679. The molecule has 1 aromatic heterocycles. The Kier molecular flexibility index (Phi) is 4.28. The number of sulfonamides is 1. The van der Waals surface area contributed by atoms with Gasteiger partial charge in [0.25, 0.3) is 0 Å². The number of hydrogen-bond donors (Lipinski definition) is 2. The third-order valence-electron chi connectivity index (χ3n) is 2.06. The maximum absolute atomic E-state index is 11.7. The van der Waals surface area contributed by atoms with E-state index in [0.29, 0.717) is 5.69 Å². The molecule has 0 aliphatic rings. The van der Waals surface area contributed by atoms with Crippen LogP contribution in [-0.4, -0.2) is 45.6 Å². The van der Waals surface area contributed by atoms with E-state index in [1.165, 1.54) is 6.20 Å². The van der Waals surface area contributed by atoms with Crippen molar-refractivity contribution < 1.29 is 16.8 Å². The van der Waals surface area contributed by atoms with E-state index in [-0.39, 0.29) is 23.6 Å². The number of nitrogens with zero attached hydrogens (tertiary/aromatic N) is 1. The van der Waals surface area contributed by atoms with Crippen LogP contribution in [0.1, 0.15) is 12.1 Å². The molecule has 0 spiro atoms. The van der Waals surface area contributed by atoms with Crippen molar-refractivity contribution in [3.63, 3.8) is 0 Å². The van der Waals surface area contributed by atoms with Gasteiger partial charge in [-0.1, -0.05) is 0 Å². The van der Waals surface area contributed by atoms with E-state index in [0.717, 1.165) is 6.26 Å². The molecule has 1 rings (SSSR count). The van der Waals surface area contributed by atoms with Crippen molar-refractivity contribution in [1.82, 2.24) is 14.9 Å². The molecule has 0 aliphatic carbocycles. The van der Waals surface area contributed by atoms with Crippen molar-refractivity contribution >= 4 is 19.9 Å². The highest BCUT2D eigenvalue weighted by Gasteiger charge is 2.17. The lowest BCUT2D eigenvalue weighted by Gasteiger charge is -2.04. The summed E-state index contributed by atoms with van der Waals surface area (Å²) in [5.41, 5.74) is 0.445. The molecule has 1 heterocycles. The first-order valence-corrected chi connectivity index (χ1v) is 8.44. The molecule has 0 radical (unpaired) electrons. The highest BCUT2D eigenvalue weighted by molar-refractivity contribution is 7.90. The van der Waals surface area contributed by atoms with Gasteiger partial charge in [-0.3, -0.25) is 5.10 Å². The number of sulfone groups is 1. The lowest BCUT2D eigenvalue weighted by atomic mass is 10.5. The first-order chi connectivity index (χ1) is 7.72. The van der Waals surface area contributed by atoms with Crippen molar-refractivity contribution in [2.75, 3.05) is 18.6 Å². The Labute approximate surface area is 101 Å². The summed E-state index contributed by atoms with van der Waals surface area (Å²) in [6, 6.07) is 0. The number of H-pyrrole nitrogens is 1. The number of hydrogen-bond acceptors (Lipinski definition) is 5. The summed E-state index contributed by atoms with van der Waals surface area (Å²) in [6.07, 6.45) is 2.57. The van der Waals surface area contributed by atoms with E-state index in [2.05, 4.69) is 14.9 Å². The summed E-state index contributed by atoms with van der Waals surface area (Å²) < 4.78 is 47.5. The van der Waals surface area contributed by atoms with Gasteiger partial charge in [0.15, 0.2) is 0 Å². The van der Waals surface area contributed by atoms with Crippen molar-refractivity contribution in [1.29, 1.82) is 0 Å². The third kappa shape index (κ3) is 4.44. The largest absolute Gasteiger partial charge is 0.281 e. The van der Waals surface area contributed by atoms with Gasteiger partial charge in [-0.25, -0.2) is 21.6 Å². The number of aromatic amines is 1. The van der Waals surface area contributed by atoms with Crippen LogP contribution in [-0.2, 0) is 19.9 Å². The zero-order valence-electron chi connectivity index (χ0n) is 9.60. The molecule has 98 valence electrons. The molecule has 0 aliphatic heterocycles. The van der Waals surface area contributed by atoms with Gasteiger partial charge < -0.3 is 0 Å². The second kappa shape index (κ2) is 5.15. The minimum Gasteiger partial charge on any atom is -0.281 e. The van der Waals surface area contributed by atoms with Gasteiger partial charge in [0.05, 0.1) is 17.6 Å². The van der Waals surface area contributed by atoms with Crippen molar-refractivity contribution in [2.24, 2.45) is 0 Å². The molecular formula is C8H15N3O4S2. The fraction of sp³-hybridized carbons (Fsp3) is 0.625. The Morgan fingerprint density at radius 2 is 2.00 bits per heavy atom. The second-order valence-electron chi connectivity index (χ2n) is 3.74. The molecular weight excluding hydrogens is 266 g/mol. The summed E-state index contributed by atoms with van der Waals surface area (Å²) in [5.74, 6) is -0.0418. The summed E-state index contributed by atoms with van der Waals surface area (Å²) in [4.78, 5) is 0.0804. The molecule has 9 heteroatoms. The number of aryl methyl sites for hydroxylation is 1. The molecule has 2 N–H and O–H groups in total. The average molecular weight is 281 g/mol. The van der Waals surface area contributed by atoms with Crippen molar-refractivity contribution in [3.05, 3.63) is 11.9 Å². The Balaban J connectivity index is 2.55. The number of nitrogens with one attached hydrogen (secondary N) is 2. The van der Waals surface area contributed by atoms with Gasteiger partial charge >= 0.3 is 0 Å². The molecule has 0 fully saturated rings. The number of rotatable bonds is 6. The first-order valence-electron chi connectivity index (χ1n) is 4.90. The predicted molar refractivity (Wildman–Crippen MR) is 62.8 cm³/mol. The lowest BCUT2D eigenvalue weighted by molar-refractivity contribution is 0.577. The van der Waals surface area contributed by atoms with Crippen LogP contribution in [0.2, 0.25) is 0 Å². The number of aromatic nitrogens is 2. The molecule has 7 nitrogen and oxygen atoms in total. The maximum atomic E-state index is 11.7. The van der Waals surface area contributed by atoms with Crippen LogP contribution in [0, 0.1) is 6.92 Å². The Morgan fingerprint density at radius 3 is 2.47 bits per heavy atom. The van der Waals surface area contributed by atoms with Gasteiger partial charge in [0.2, 0.25) is 10.0 Å². The summed E-state index contributed by atoms with van der Waals surface area (Å²) in [5, 5.41) is 6.14. The Hall–Kier alpha value is -0.930. The minimum absolute atomic E-state index is 0.0418. The molecule has 17 heavy (non-hydrogen) atoms. The summed E-state index contributed by atoms with van der Waals surface area (Å²) in [6.45, 7) is 1.68. The molecule has 0 saturated carbocycles. The zero-order valence-corrected chi connectivity index (χ0v) is 11.2. The van der Waals surface area contributed by atoms with E-state index in [4.69, 9.17) is 0 Å². The van der Waals surface area contributed by atoms with Crippen LogP contribution in [0.3, 0.4) is 0 Å². The predicted octanol–water partition coefficient (Wildman–Crippen LogP) is -0.569. The van der Waals surface area contributed by atoms with Crippen LogP contribution >= 0.6 is 0 Å². The summed E-state index contributed by atoms with van der Waals surface area (Å²) in [7, 11) is -6.66. The van der Waals surface area contributed by atoms with Gasteiger partial charge in [-0.15, -0.1) is 0 Å². The zero-order chi connectivity index (χ0) is 13.1. The molecule has 0 unspecified atom stereocenters. The Morgan fingerprint density at radius 1 is 1.35 bits per heavy atom. The molecule has 0 aromatic carbocycles. The molecule has 0 bridgehead atoms. The summed E-state index contributed by atoms with van der Waals surface area (Å²) >= 11 is 0. The molecule has 0 atom stereocenters. The Bertz CT molecular complexity index is 574. The highest BCUT2D eigenvalue weighted by Crippen LogP contribution is 2.10.